The van der Waals surface area contributed by atoms with Crippen LogP contribution in [0.5, 0.6) is 0 Å². The molecule has 0 saturated heterocycles. The molecular formula is C14H16N2O2. The van der Waals surface area contributed by atoms with E-state index < -0.39 is 5.60 Å². The van der Waals surface area contributed by atoms with Crippen LogP contribution >= 0.6 is 0 Å². The molecular weight excluding hydrogens is 228 g/mol. The molecule has 0 spiro atoms. The van der Waals surface area contributed by atoms with E-state index in [4.69, 9.17) is 10.2 Å². The Labute approximate surface area is 105 Å². The van der Waals surface area contributed by atoms with E-state index in [0.29, 0.717) is 17.8 Å². The van der Waals surface area contributed by atoms with Gasteiger partial charge in [0.2, 0.25) is 0 Å². The zero-order valence-electron chi connectivity index (χ0n) is 10.3. The van der Waals surface area contributed by atoms with Crippen molar-refractivity contribution in [1.29, 1.82) is 0 Å². The van der Waals surface area contributed by atoms with Crippen LogP contribution in [0.4, 0.5) is 5.82 Å². The highest BCUT2D eigenvalue weighted by Crippen LogP contribution is 2.43. The molecule has 18 heavy (non-hydrogen) atoms. The van der Waals surface area contributed by atoms with Gasteiger partial charge in [0.05, 0.1) is 6.26 Å². The highest BCUT2D eigenvalue weighted by Gasteiger charge is 2.40. The van der Waals surface area contributed by atoms with Crippen molar-refractivity contribution in [2.24, 2.45) is 0 Å². The maximum atomic E-state index is 11.1. The van der Waals surface area contributed by atoms with Gasteiger partial charge in [0, 0.05) is 23.7 Å². The second-order valence-electron chi connectivity index (χ2n) is 4.86. The minimum Gasteiger partial charge on any atom is -0.469 e. The van der Waals surface area contributed by atoms with Crippen LogP contribution in [0.1, 0.15) is 35.3 Å². The van der Waals surface area contributed by atoms with E-state index in [-0.39, 0.29) is 0 Å². The van der Waals surface area contributed by atoms with Gasteiger partial charge in [-0.15, -0.1) is 0 Å². The van der Waals surface area contributed by atoms with Crippen molar-refractivity contribution in [2.75, 3.05) is 5.73 Å². The van der Waals surface area contributed by atoms with E-state index in [2.05, 4.69) is 4.98 Å². The van der Waals surface area contributed by atoms with E-state index in [1.165, 1.54) is 0 Å². The molecule has 2 aromatic heterocycles. The van der Waals surface area contributed by atoms with Crippen LogP contribution in [0, 0.1) is 6.92 Å². The van der Waals surface area contributed by atoms with Crippen molar-refractivity contribution in [3.63, 3.8) is 0 Å². The summed E-state index contributed by atoms with van der Waals surface area (Å²) in [6, 6.07) is 3.71. The number of nitrogen functional groups attached to an aromatic ring is 1. The maximum absolute atomic E-state index is 11.1. The number of aryl methyl sites for hydroxylation is 2. The number of nitrogens with two attached hydrogens (primary N) is 1. The van der Waals surface area contributed by atoms with Gasteiger partial charge in [-0.1, -0.05) is 0 Å². The van der Waals surface area contributed by atoms with Crippen LogP contribution < -0.4 is 5.73 Å². The molecule has 3 N–H and O–H groups in total. The van der Waals surface area contributed by atoms with Gasteiger partial charge in [0.25, 0.3) is 0 Å². The number of furan rings is 1. The molecule has 0 aliphatic heterocycles. The number of hydrogen-bond acceptors (Lipinski definition) is 4. The van der Waals surface area contributed by atoms with Crippen molar-refractivity contribution in [1.82, 2.24) is 4.98 Å². The number of hydrogen-bond donors (Lipinski definition) is 2. The van der Waals surface area contributed by atoms with Crippen molar-refractivity contribution < 1.29 is 9.52 Å². The molecule has 3 rings (SSSR count). The fraction of sp³-hybridized carbons (Fsp3) is 0.357. The summed E-state index contributed by atoms with van der Waals surface area (Å²) in [6.45, 7) is 1.94. The zero-order valence-corrected chi connectivity index (χ0v) is 10.3. The van der Waals surface area contributed by atoms with Crippen molar-refractivity contribution in [2.45, 2.75) is 31.8 Å². The van der Waals surface area contributed by atoms with Gasteiger partial charge in [0.15, 0.2) is 0 Å². The normalized spacial score (nSPS) is 22.8. The Balaban J connectivity index is 2.24. The highest BCUT2D eigenvalue weighted by molar-refractivity contribution is 5.53. The summed E-state index contributed by atoms with van der Waals surface area (Å²) in [5.41, 5.74) is 7.40. The SMILES string of the molecule is Cc1ccnc(N)c1C1(O)CCCc2occc21. The summed E-state index contributed by atoms with van der Waals surface area (Å²) in [7, 11) is 0. The van der Waals surface area contributed by atoms with Crippen LogP contribution in [0.15, 0.2) is 29.0 Å². The number of fused-ring (bicyclic) bond motifs is 1. The number of aromatic nitrogens is 1. The van der Waals surface area contributed by atoms with Crippen LogP contribution in [0.2, 0.25) is 0 Å². The van der Waals surface area contributed by atoms with Gasteiger partial charge < -0.3 is 15.3 Å². The predicted molar refractivity (Wildman–Crippen MR) is 68.0 cm³/mol. The van der Waals surface area contributed by atoms with Gasteiger partial charge in [0.1, 0.15) is 17.2 Å². The summed E-state index contributed by atoms with van der Waals surface area (Å²) in [4.78, 5) is 4.10. The third-order valence-corrected chi connectivity index (χ3v) is 3.74. The zero-order chi connectivity index (χ0) is 12.8. The molecule has 0 aromatic carbocycles. The van der Waals surface area contributed by atoms with Crippen LogP contribution in [0.3, 0.4) is 0 Å². The van der Waals surface area contributed by atoms with Gasteiger partial charge in [-0.25, -0.2) is 4.98 Å². The fourth-order valence-electron chi connectivity index (χ4n) is 2.92. The fourth-order valence-corrected chi connectivity index (χ4v) is 2.92. The third kappa shape index (κ3) is 1.46. The van der Waals surface area contributed by atoms with E-state index in [1.807, 2.05) is 19.1 Å². The number of pyridine rings is 1. The van der Waals surface area contributed by atoms with Crippen LogP contribution in [-0.4, -0.2) is 10.1 Å². The largest absolute Gasteiger partial charge is 0.469 e. The first-order chi connectivity index (χ1) is 8.63. The highest BCUT2D eigenvalue weighted by atomic mass is 16.3. The van der Waals surface area contributed by atoms with E-state index >= 15 is 0 Å². The lowest BCUT2D eigenvalue weighted by atomic mass is 9.76. The molecule has 4 heteroatoms. The number of rotatable bonds is 1. The van der Waals surface area contributed by atoms with E-state index in [1.54, 1.807) is 12.5 Å². The standard InChI is InChI=1S/C14H16N2O2/c1-9-4-7-16-13(15)12(9)14(17)6-2-3-11-10(14)5-8-18-11/h4-5,7-8,17H,2-3,6H2,1H3,(H2,15,16). The molecule has 1 unspecified atom stereocenters. The number of anilines is 1. The molecule has 0 radical (unpaired) electrons. The molecule has 2 aromatic rings. The van der Waals surface area contributed by atoms with Crippen molar-refractivity contribution in [3.05, 3.63) is 47.0 Å². The van der Waals surface area contributed by atoms with E-state index in [9.17, 15) is 5.11 Å². The average molecular weight is 244 g/mol. The summed E-state index contributed by atoms with van der Waals surface area (Å²) in [5, 5.41) is 11.1. The monoisotopic (exact) mass is 244 g/mol. The summed E-state index contributed by atoms with van der Waals surface area (Å²) in [5.74, 6) is 1.25. The first kappa shape index (κ1) is 11.3. The van der Waals surface area contributed by atoms with Gasteiger partial charge in [-0.2, -0.15) is 0 Å². The smallest absolute Gasteiger partial charge is 0.130 e. The first-order valence-corrected chi connectivity index (χ1v) is 6.14. The molecule has 1 aliphatic carbocycles. The summed E-state index contributed by atoms with van der Waals surface area (Å²) >= 11 is 0. The number of nitrogens with zero attached hydrogens (tertiary/aromatic N) is 1. The Kier molecular flexibility index (Phi) is 2.41. The van der Waals surface area contributed by atoms with E-state index in [0.717, 1.165) is 29.7 Å². The molecule has 1 atom stereocenters. The Morgan fingerprint density at radius 2 is 2.28 bits per heavy atom. The predicted octanol–water partition coefficient (Wildman–Crippen LogP) is 2.14. The van der Waals surface area contributed by atoms with Crippen LogP contribution in [-0.2, 0) is 12.0 Å². The lowest BCUT2D eigenvalue weighted by Gasteiger charge is -2.33. The van der Waals surface area contributed by atoms with Crippen LogP contribution in [0.25, 0.3) is 0 Å². The molecule has 1 aliphatic rings. The first-order valence-electron chi connectivity index (χ1n) is 6.14. The molecule has 0 amide bonds. The second-order valence-corrected chi connectivity index (χ2v) is 4.86. The quantitative estimate of drug-likeness (QED) is 0.806. The molecule has 0 bridgehead atoms. The molecule has 2 heterocycles. The Morgan fingerprint density at radius 1 is 1.44 bits per heavy atom. The lowest BCUT2D eigenvalue weighted by molar-refractivity contribution is 0.0588. The third-order valence-electron chi connectivity index (χ3n) is 3.74. The van der Waals surface area contributed by atoms with Gasteiger partial charge >= 0.3 is 0 Å². The molecule has 4 nitrogen and oxygen atoms in total. The number of aliphatic hydroxyl groups is 1. The average Bonchev–Trinajstić information content (AvgIpc) is 2.78. The maximum Gasteiger partial charge on any atom is 0.130 e. The van der Waals surface area contributed by atoms with Gasteiger partial charge in [-0.3, -0.25) is 0 Å². The van der Waals surface area contributed by atoms with Gasteiger partial charge in [-0.05, 0) is 37.5 Å². The molecule has 94 valence electrons. The van der Waals surface area contributed by atoms with Crippen molar-refractivity contribution >= 4 is 5.82 Å². The molecule has 0 saturated carbocycles. The Hall–Kier alpha value is -1.81. The Morgan fingerprint density at radius 3 is 3.06 bits per heavy atom. The lowest BCUT2D eigenvalue weighted by Crippen LogP contribution is -2.33. The summed E-state index contributed by atoms with van der Waals surface area (Å²) in [6.07, 6.45) is 5.68. The topological polar surface area (TPSA) is 72.3 Å². The second kappa shape index (κ2) is 3.85. The summed E-state index contributed by atoms with van der Waals surface area (Å²) < 4.78 is 5.43. The molecule has 0 fully saturated rings. The van der Waals surface area contributed by atoms with Crippen molar-refractivity contribution in [3.8, 4) is 0 Å². The minimum absolute atomic E-state index is 0.395. The Bertz CT molecular complexity index is 571. The minimum atomic E-state index is -1.07.